The third kappa shape index (κ3) is 4.63. The molecule has 1 aromatic carbocycles. The maximum Gasteiger partial charge on any atom is 0.269 e. The standard InChI is InChI=1S/C18H16ClF3N4O2.ClH/c19-10-5-13(23)16(25-6-10)14(27)4-9-1-2-12(20)11(3-9)18(17(21)22)8-28-7-15(24)26-18;/h1-3,5-6,17H,4,7-8,23H2,(H2,24,26);1H/t18-;/m0./s1. The van der Waals surface area contributed by atoms with Crippen LogP contribution in [0.5, 0.6) is 0 Å². The van der Waals surface area contributed by atoms with Gasteiger partial charge in [0.05, 0.1) is 17.3 Å². The van der Waals surface area contributed by atoms with E-state index in [0.29, 0.717) is 0 Å². The fourth-order valence-electron chi connectivity index (χ4n) is 2.97. The van der Waals surface area contributed by atoms with E-state index in [1.54, 1.807) is 0 Å². The van der Waals surface area contributed by atoms with Crippen LogP contribution < -0.4 is 11.5 Å². The monoisotopic (exact) mass is 448 g/mol. The molecule has 2 heterocycles. The number of hydrogen-bond acceptors (Lipinski definition) is 6. The predicted molar refractivity (Wildman–Crippen MR) is 105 cm³/mol. The maximum atomic E-state index is 14.4. The quantitative estimate of drug-likeness (QED) is 0.683. The molecule has 156 valence electrons. The molecule has 1 aromatic heterocycles. The first kappa shape index (κ1) is 22.9. The largest absolute Gasteiger partial charge is 0.397 e. The first-order valence-electron chi connectivity index (χ1n) is 8.16. The number of Topliss-reactive ketones (excluding diaryl/α,β-unsaturated/α-hetero) is 1. The van der Waals surface area contributed by atoms with Crippen LogP contribution in [0.25, 0.3) is 0 Å². The number of carbonyl (C=O) groups is 1. The second-order valence-electron chi connectivity index (χ2n) is 6.33. The number of benzene rings is 1. The van der Waals surface area contributed by atoms with Crippen LogP contribution in [-0.4, -0.2) is 36.2 Å². The van der Waals surface area contributed by atoms with E-state index in [4.69, 9.17) is 27.8 Å². The zero-order valence-electron chi connectivity index (χ0n) is 14.9. The Morgan fingerprint density at radius 2 is 2.03 bits per heavy atom. The Bertz CT molecular complexity index is 959. The number of hydrogen-bond donors (Lipinski definition) is 2. The molecule has 0 aliphatic carbocycles. The van der Waals surface area contributed by atoms with Gasteiger partial charge in [-0.2, -0.15) is 0 Å². The van der Waals surface area contributed by atoms with Gasteiger partial charge in [-0.05, 0) is 23.8 Å². The number of nitrogens with zero attached hydrogens (tertiary/aromatic N) is 2. The summed E-state index contributed by atoms with van der Waals surface area (Å²) in [5.74, 6) is -1.53. The molecule has 1 atom stereocenters. The van der Waals surface area contributed by atoms with Gasteiger partial charge in [-0.15, -0.1) is 12.4 Å². The van der Waals surface area contributed by atoms with Gasteiger partial charge in [-0.1, -0.05) is 17.7 Å². The van der Waals surface area contributed by atoms with E-state index in [9.17, 15) is 18.0 Å². The second-order valence-corrected chi connectivity index (χ2v) is 6.76. The van der Waals surface area contributed by atoms with E-state index in [1.165, 1.54) is 18.3 Å². The van der Waals surface area contributed by atoms with E-state index < -0.39 is 35.7 Å². The van der Waals surface area contributed by atoms with Crippen LogP contribution in [0.4, 0.5) is 18.9 Å². The van der Waals surface area contributed by atoms with Gasteiger partial charge in [-0.25, -0.2) is 18.2 Å². The summed E-state index contributed by atoms with van der Waals surface area (Å²) in [6.45, 7) is -0.652. The summed E-state index contributed by atoms with van der Waals surface area (Å²) in [5, 5.41) is 0.268. The number of carbonyl (C=O) groups excluding carboxylic acids is 1. The molecule has 29 heavy (non-hydrogen) atoms. The van der Waals surface area contributed by atoms with Crippen LogP contribution in [0.3, 0.4) is 0 Å². The van der Waals surface area contributed by atoms with Crippen LogP contribution in [0, 0.1) is 5.82 Å². The third-order valence-electron chi connectivity index (χ3n) is 4.29. The van der Waals surface area contributed by atoms with Crippen LogP contribution in [-0.2, 0) is 16.7 Å². The molecule has 0 bridgehead atoms. The van der Waals surface area contributed by atoms with E-state index in [2.05, 4.69) is 9.98 Å². The van der Waals surface area contributed by atoms with Crippen molar-refractivity contribution in [3.05, 3.63) is 58.1 Å². The highest BCUT2D eigenvalue weighted by atomic mass is 35.5. The van der Waals surface area contributed by atoms with Crippen molar-refractivity contribution in [1.82, 2.24) is 4.98 Å². The first-order valence-corrected chi connectivity index (χ1v) is 8.54. The van der Waals surface area contributed by atoms with Crippen molar-refractivity contribution in [2.75, 3.05) is 18.9 Å². The van der Waals surface area contributed by atoms with Gasteiger partial charge in [0.15, 0.2) is 11.3 Å². The van der Waals surface area contributed by atoms with Gasteiger partial charge < -0.3 is 16.2 Å². The third-order valence-corrected chi connectivity index (χ3v) is 4.49. The molecule has 0 unspecified atom stereocenters. The van der Waals surface area contributed by atoms with Gasteiger partial charge in [0.2, 0.25) is 0 Å². The summed E-state index contributed by atoms with van der Waals surface area (Å²) in [4.78, 5) is 20.2. The fourth-order valence-corrected chi connectivity index (χ4v) is 3.14. The molecule has 3 rings (SSSR count). The lowest BCUT2D eigenvalue weighted by Crippen LogP contribution is -2.45. The molecule has 2 aromatic rings. The van der Waals surface area contributed by atoms with Crippen LogP contribution >= 0.6 is 24.0 Å². The van der Waals surface area contributed by atoms with Crippen LogP contribution in [0.1, 0.15) is 21.6 Å². The minimum atomic E-state index is -3.07. The highest BCUT2D eigenvalue weighted by Crippen LogP contribution is 2.37. The van der Waals surface area contributed by atoms with E-state index in [0.717, 1.165) is 12.1 Å². The van der Waals surface area contributed by atoms with Gasteiger partial charge in [0.1, 0.15) is 24.0 Å². The van der Waals surface area contributed by atoms with Crippen LogP contribution in [0.2, 0.25) is 5.02 Å². The lowest BCUT2D eigenvalue weighted by molar-refractivity contribution is -0.0146. The van der Waals surface area contributed by atoms with Crippen molar-refractivity contribution in [2.24, 2.45) is 10.7 Å². The number of aromatic nitrogens is 1. The zero-order chi connectivity index (χ0) is 20.5. The number of nitrogen functional groups attached to an aromatic ring is 1. The van der Waals surface area contributed by atoms with Crippen molar-refractivity contribution in [3.63, 3.8) is 0 Å². The second kappa shape index (κ2) is 8.98. The Kier molecular flexibility index (Phi) is 7.10. The first-order chi connectivity index (χ1) is 13.2. The number of rotatable bonds is 5. The average molecular weight is 449 g/mol. The maximum absolute atomic E-state index is 14.4. The van der Waals surface area contributed by atoms with Crippen molar-refractivity contribution in [1.29, 1.82) is 0 Å². The number of nitrogens with two attached hydrogens (primary N) is 2. The smallest absolute Gasteiger partial charge is 0.269 e. The normalized spacial score (nSPS) is 18.9. The Morgan fingerprint density at radius 1 is 1.31 bits per heavy atom. The molecule has 1 aliphatic rings. The highest BCUT2D eigenvalue weighted by molar-refractivity contribution is 6.30. The predicted octanol–water partition coefficient (Wildman–Crippen LogP) is 3.15. The lowest BCUT2D eigenvalue weighted by atomic mass is 9.88. The van der Waals surface area contributed by atoms with E-state index >= 15 is 0 Å². The van der Waals surface area contributed by atoms with Crippen molar-refractivity contribution >= 4 is 41.3 Å². The summed E-state index contributed by atoms with van der Waals surface area (Å²) >= 11 is 5.76. The number of pyridine rings is 1. The molecule has 0 radical (unpaired) electrons. The highest BCUT2D eigenvalue weighted by Gasteiger charge is 2.46. The summed E-state index contributed by atoms with van der Waals surface area (Å²) < 4.78 is 47.2. The SMILES string of the molecule is Cl.NC1=N[C@@](c2cc(CC(=O)c3ncc(Cl)cc3N)ccc2F)(C(F)F)COC1. The Hall–Kier alpha value is -2.36. The van der Waals surface area contributed by atoms with Crippen LogP contribution in [0.15, 0.2) is 35.5 Å². The van der Waals surface area contributed by atoms with E-state index in [1.807, 2.05) is 0 Å². The zero-order valence-corrected chi connectivity index (χ0v) is 16.4. The molecular formula is C18H17Cl2F3N4O2. The summed E-state index contributed by atoms with van der Waals surface area (Å²) in [5.41, 5.74) is 8.98. The number of halogens is 5. The molecule has 11 heteroatoms. The number of aliphatic imine (C=N–C) groups is 1. The molecule has 6 nitrogen and oxygen atoms in total. The molecule has 0 saturated carbocycles. The minimum Gasteiger partial charge on any atom is -0.397 e. The van der Waals surface area contributed by atoms with Crippen molar-refractivity contribution < 1.29 is 22.7 Å². The summed E-state index contributed by atoms with van der Waals surface area (Å²) in [7, 11) is 0. The van der Waals surface area contributed by atoms with Gasteiger partial charge in [0.25, 0.3) is 6.43 Å². The molecule has 0 fully saturated rings. The van der Waals surface area contributed by atoms with Crippen molar-refractivity contribution in [3.8, 4) is 0 Å². The summed E-state index contributed by atoms with van der Waals surface area (Å²) in [6, 6.07) is 4.86. The molecule has 4 N–H and O–H groups in total. The summed E-state index contributed by atoms with van der Waals surface area (Å²) in [6.07, 6.45) is -2.03. The van der Waals surface area contributed by atoms with E-state index in [-0.39, 0.29) is 53.2 Å². The van der Waals surface area contributed by atoms with Gasteiger partial charge >= 0.3 is 0 Å². The molecule has 0 spiro atoms. The fraction of sp³-hybridized carbons (Fsp3) is 0.278. The number of alkyl halides is 2. The molecule has 1 aliphatic heterocycles. The topological polar surface area (TPSA) is 104 Å². The number of ketones is 1. The number of amidine groups is 1. The average Bonchev–Trinajstić information content (AvgIpc) is 2.62. The van der Waals surface area contributed by atoms with Crippen molar-refractivity contribution in [2.45, 2.75) is 18.4 Å². The number of ether oxygens (including phenoxy) is 1. The lowest BCUT2D eigenvalue weighted by Gasteiger charge is -2.33. The Labute approximate surface area is 175 Å². The van der Waals surface area contributed by atoms with Gasteiger partial charge in [-0.3, -0.25) is 9.79 Å². The Balaban J connectivity index is 0.00000300. The Morgan fingerprint density at radius 3 is 2.66 bits per heavy atom. The molecule has 0 amide bonds. The molecule has 0 saturated heterocycles. The molecular weight excluding hydrogens is 432 g/mol. The van der Waals surface area contributed by atoms with Gasteiger partial charge in [0, 0.05) is 18.2 Å². The minimum absolute atomic E-state index is 0. The number of anilines is 1.